The zero-order chi connectivity index (χ0) is 21.9. The van der Waals surface area contributed by atoms with Gasteiger partial charge < -0.3 is 29.2 Å². The summed E-state index contributed by atoms with van der Waals surface area (Å²) in [4.78, 5) is 14.6. The van der Waals surface area contributed by atoms with Gasteiger partial charge in [-0.2, -0.15) is 0 Å². The summed E-state index contributed by atoms with van der Waals surface area (Å²) in [5.74, 6) is 2.50. The van der Waals surface area contributed by atoms with E-state index in [9.17, 15) is 4.79 Å². The Morgan fingerprint density at radius 2 is 1.43 bits per heavy atom. The van der Waals surface area contributed by atoms with Crippen LogP contribution in [0.2, 0.25) is 0 Å². The molecule has 0 saturated heterocycles. The molecule has 2 rings (SSSR count). The number of carbonyl (C=O) groups excluding carboxylic acids is 1. The molecule has 7 heteroatoms. The maximum absolute atomic E-state index is 12.3. The van der Waals surface area contributed by atoms with Gasteiger partial charge in [0.1, 0.15) is 0 Å². The summed E-state index contributed by atoms with van der Waals surface area (Å²) in [6, 6.07) is 11.1. The number of ether oxygens (including phenoxy) is 4. The molecular weight excluding hydrogens is 384 g/mol. The predicted molar refractivity (Wildman–Crippen MR) is 117 cm³/mol. The van der Waals surface area contributed by atoms with Crippen molar-refractivity contribution in [2.75, 3.05) is 55.1 Å². The number of hydrogen-bond donors (Lipinski definition) is 1. The van der Waals surface area contributed by atoms with E-state index in [0.717, 1.165) is 37.4 Å². The van der Waals surface area contributed by atoms with Gasteiger partial charge in [-0.15, -0.1) is 0 Å². The summed E-state index contributed by atoms with van der Waals surface area (Å²) in [5, 5.41) is 2.95. The molecule has 2 aromatic carbocycles. The summed E-state index contributed by atoms with van der Waals surface area (Å²) in [7, 11) is 8.48. The molecule has 0 saturated carbocycles. The lowest BCUT2D eigenvalue weighted by molar-refractivity contribution is 0.0951. The first-order chi connectivity index (χ1) is 14.5. The standard InChI is InChI=1S/C23H32N2O5/c1-25(14-11-17-7-9-19(27-2)21(15-17)29-4)13-6-12-24-23(26)18-8-10-20(28-3)22(16-18)30-5/h7-10,15-16H,6,11-14H2,1-5H3,(H,24,26). The molecule has 0 spiro atoms. The second-order valence-corrected chi connectivity index (χ2v) is 6.92. The number of carbonyl (C=O) groups is 1. The van der Waals surface area contributed by atoms with E-state index >= 15 is 0 Å². The first kappa shape index (κ1) is 23.3. The Morgan fingerprint density at radius 3 is 2.07 bits per heavy atom. The second-order valence-electron chi connectivity index (χ2n) is 6.92. The molecule has 1 amide bonds. The van der Waals surface area contributed by atoms with E-state index in [0.29, 0.717) is 23.6 Å². The fraction of sp³-hybridized carbons (Fsp3) is 0.435. The number of rotatable bonds is 12. The molecule has 7 nitrogen and oxygen atoms in total. The van der Waals surface area contributed by atoms with Crippen LogP contribution in [0, 0.1) is 0 Å². The highest BCUT2D eigenvalue weighted by Gasteiger charge is 2.10. The molecule has 0 aliphatic heterocycles. The Balaban J connectivity index is 1.73. The van der Waals surface area contributed by atoms with Crippen molar-refractivity contribution in [3.8, 4) is 23.0 Å². The summed E-state index contributed by atoms with van der Waals surface area (Å²) in [6.45, 7) is 2.41. The smallest absolute Gasteiger partial charge is 0.251 e. The number of nitrogens with one attached hydrogen (secondary N) is 1. The van der Waals surface area contributed by atoms with Crippen molar-refractivity contribution in [1.29, 1.82) is 0 Å². The van der Waals surface area contributed by atoms with Crippen LogP contribution in [0.3, 0.4) is 0 Å². The molecule has 0 aromatic heterocycles. The summed E-state index contributed by atoms with van der Waals surface area (Å²) >= 11 is 0. The number of nitrogens with zero attached hydrogens (tertiary/aromatic N) is 1. The van der Waals surface area contributed by atoms with Gasteiger partial charge in [0.2, 0.25) is 0 Å². The lowest BCUT2D eigenvalue weighted by atomic mass is 10.1. The average Bonchev–Trinajstić information content (AvgIpc) is 2.79. The van der Waals surface area contributed by atoms with Crippen molar-refractivity contribution < 1.29 is 23.7 Å². The Bertz CT molecular complexity index is 825. The van der Waals surface area contributed by atoms with E-state index < -0.39 is 0 Å². The fourth-order valence-electron chi connectivity index (χ4n) is 3.10. The quantitative estimate of drug-likeness (QED) is 0.537. The number of hydrogen-bond acceptors (Lipinski definition) is 6. The minimum atomic E-state index is -0.121. The maximum Gasteiger partial charge on any atom is 0.251 e. The number of likely N-dealkylation sites (N-methyl/N-ethyl adjacent to an activating group) is 1. The van der Waals surface area contributed by atoms with Crippen LogP contribution in [0.25, 0.3) is 0 Å². The first-order valence-electron chi connectivity index (χ1n) is 9.92. The van der Waals surface area contributed by atoms with Crippen LogP contribution in [0.15, 0.2) is 36.4 Å². The van der Waals surface area contributed by atoms with E-state index in [-0.39, 0.29) is 5.91 Å². The van der Waals surface area contributed by atoms with E-state index in [1.807, 2.05) is 12.1 Å². The van der Waals surface area contributed by atoms with Gasteiger partial charge in [0.25, 0.3) is 5.91 Å². The minimum Gasteiger partial charge on any atom is -0.493 e. The average molecular weight is 417 g/mol. The van der Waals surface area contributed by atoms with Crippen molar-refractivity contribution in [1.82, 2.24) is 10.2 Å². The third kappa shape index (κ3) is 6.56. The zero-order valence-corrected chi connectivity index (χ0v) is 18.5. The van der Waals surface area contributed by atoms with E-state index in [1.54, 1.807) is 46.6 Å². The SMILES string of the molecule is COc1ccc(CCN(C)CCCNC(=O)c2ccc(OC)c(OC)c2)cc1OC. The fourth-order valence-corrected chi connectivity index (χ4v) is 3.10. The first-order valence-corrected chi connectivity index (χ1v) is 9.92. The Morgan fingerprint density at radius 1 is 0.833 bits per heavy atom. The molecule has 1 N–H and O–H groups in total. The molecular formula is C23H32N2O5. The van der Waals surface area contributed by atoms with Crippen LogP contribution < -0.4 is 24.3 Å². The highest BCUT2D eigenvalue weighted by molar-refractivity contribution is 5.94. The maximum atomic E-state index is 12.3. The molecule has 0 aliphatic rings. The van der Waals surface area contributed by atoms with Crippen molar-refractivity contribution in [3.63, 3.8) is 0 Å². The Labute approximate surface area is 178 Å². The van der Waals surface area contributed by atoms with Gasteiger partial charge in [0.05, 0.1) is 28.4 Å². The second kappa shape index (κ2) is 11.9. The van der Waals surface area contributed by atoms with Gasteiger partial charge in [-0.25, -0.2) is 0 Å². The molecule has 30 heavy (non-hydrogen) atoms. The monoisotopic (exact) mass is 416 g/mol. The van der Waals surface area contributed by atoms with Crippen LogP contribution in [-0.2, 0) is 6.42 Å². The van der Waals surface area contributed by atoms with Gasteiger partial charge in [-0.05, 0) is 62.3 Å². The van der Waals surface area contributed by atoms with Crippen LogP contribution in [0.4, 0.5) is 0 Å². The summed E-state index contributed by atoms with van der Waals surface area (Å²) in [6.07, 6.45) is 1.77. The van der Waals surface area contributed by atoms with E-state index in [4.69, 9.17) is 18.9 Å². The predicted octanol–water partition coefficient (Wildman–Crippen LogP) is 3.02. The molecule has 0 fully saturated rings. The topological polar surface area (TPSA) is 69.3 Å². The number of amides is 1. The van der Waals surface area contributed by atoms with Crippen molar-refractivity contribution in [2.24, 2.45) is 0 Å². The molecule has 0 atom stereocenters. The van der Waals surface area contributed by atoms with Gasteiger partial charge in [-0.3, -0.25) is 4.79 Å². The lowest BCUT2D eigenvalue weighted by Crippen LogP contribution is -2.29. The van der Waals surface area contributed by atoms with Crippen LogP contribution in [-0.4, -0.2) is 65.9 Å². The largest absolute Gasteiger partial charge is 0.493 e. The molecule has 2 aromatic rings. The van der Waals surface area contributed by atoms with E-state index in [1.165, 1.54) is 5.56 Å². The summed E-state index contributed by atoms with van der Waals surface area (Å²) in [5.41, 5.74) is 1.75. The minimum absolute atomic E-state index is 0.121. The van der Waals surface area contributed by atoms with Crippen LogP contribution in [0.5, 0.6) is 23.0 Å². The van der Waals surface area contributed by atoms with Gasteiger partial charge in [0.15, 0.2) is 23.0 Å². The summed E-state index contributed by atoms with van der Waals surface area (Å²) < 4.78 is 21.1. The molecule has 0 bridgehead atoms. The number of benzene rings is 2. The molecule has 0 unspecified atom stereocenters. The number of methoxy groups -OCH3 is 4. The van der Waals surface area contributed by atoms with Gasteiger partial charge >= 0.3 is 0 Å². The normalized spacial score (nSPS) is 10.6. The molecule has 0 radical (unpaired) electrons. The van der Waals surface area contributed by atoms with Crippen molar-refractivity contribution >= 4 is 5.91 Å². The Hall–Kier alpha value is -2.93. The van der Waals surface area contributed by atoms with Crippen molar-refractivity contribution in [3.05, 3.63) is 47.5 Å². The highest BCUT2D eigenvalue weighted by atomic mass is 16.5. The molecule has 0 aliphatic carbocycles. The van der Waals surface area contributed by atoms with Gasteiger partial charge in [-0.1, -0.05) is 6.07 Å². The Kier molecular flexibility index (Phi) is 9.28. The highest BCUT2D eigenvalue weighted by Crippen LogP contribution is 2.28. The molecule has 164 valence electrons. The van der Waals surface area contributed by atoms with Gasteiger partial charge in [0, 0.05) is 18.7 Å². The van der Waals surface area contributed by atoms with E-state index in [2.05, 4.69) is 23.3 Å². The van der Waals surface area contributed by atoms with Crippen LogP contribution in [0.1, 0.15) is 22.3 Å². The molecule has 0 heterocycles. The third-order valence-electron chi connectivity index (χ3n) is 4.88. The zero-order valence-electron chi connectivity index (χ0n) is 18.5. The van der Waals surface area contributed by atoms with Crippen molar-refractivity contribution in [2.45, 2.75) is 12.8 Å². The lowest BCUT2D eigenvalue weighted by Gasteiger charge is -2.17. The third-order valence-corrected chi connectivity index (χ3v) is 4.88. The van der Waals surface area contributed by atoms with Crippen LogP contribution >= 0.6 is 0 Å².